The lowest BCUT2D eigenvalue weighted by Crippen LogP contribution is -2.45. The third-order valence-corrected chi connectivity index (χ3v) is 7.35. The van der Waals surface area contributed by atoms with Crippen molar-refractivity contribution in [2.45, 2.75) is 38.1 Å². The van der Waals surface area contributed by atoms with Crippen LogP contribution >= 0.6 is 11.6 Å². The number of imidazole rings is 1. The van der Waals surface area contributed by atoms with E-state index in [2.05, 4.69) is 37.4 Å². The molecule has 4 aromatic rings. The Labute approximate surface area is 233 Å². The summed E-state index contributed by atoms with van der Waals surface area (Å²) in [5.74, 6) is 3.48. The highest BCUT2D eigenvalue weighted by molar-refractivity contribution is 6.30. The minimum Gasteiger partial charge on any atom is -0.389 e. The zero-order chi connectivity index (χ0) is 28.6. The van der Waals surface area contributed by atoms with Crippen molar-refractivity contribution < 1.29 is 23.8 Å². The van der Waals surface area contributed by atoms with E-state index in [9.17, 15) is 23.8 Å². The van der Waals surface area contributed by atoms with Gasteiger partial charge in [0.25, 0.3) is 0 Å². The molecule has 4 atom stereocenters. The van der Waals surface area contributed by atoms with Crippen LogP contribution in [0.2, 0.25) is 5.02 Å². The number of benzene rings is 2. The molecule has 2 aromatic heterocycles. The molecule has 0 aliphatic heterocycles. The molecule has 12 heteroatoms. The van der Waals surface area contributed by atoms with Crippen LogP contribution < -0.4 is 10.6 Å². The average Bonchev–Trinajstić information content (AvgIpc) is 3.46. The first-order valence-electron chi connectivity index (χ1n) is 12.4. The summed E-state index contributed by atoms with van der Waals surface area (Å²) >= 11 is 6.11. The average molecular weight is 567 g/mol. The van der Waals surface area contributed by atoms with Gasteiger partial charge in [-0.2, -0.15) is 0 Å². The second-order valence-corrected chi connectivity index (χ2v) is 10.2. The molecule has 0 spiro atoms. The van der Waals surface area contributed by atoms with Crippen molar-refractivity contribution in [3.05, 3.63) is 82.4 Å². The van der Waals surface area contributed by atoms with Crippen molar-refractivity contribution in [3.63, 3.8) is 0 Å². The predicted octanol–water partition coefficient (Wildman–Crippen LogP) is 3.19. The second-order valence-electron chi connectivity index (χ2n) is 9.79. The van der Waals surface area contributed by atoms with Gasteiger partial charge in [-0.1, -0.05) is 29.7 Å². The van der Waals surface area contributed by atoms with Crippen LogP contribution in [0.1, 0.15) is 36.3 Å². The van der Waals surface area contributed by atoms with E-state index in [1.807, 2.05) is 12.1 Å². The molecule has 4 N–H and O–H groups in total. The zero-order valence-corrected chi connectivity index (χ0v) is 22.2. The van der Waals surface area contributed by atoms with Crippen LogP contribution in [0, 0.1) is 28.9 Å². The second kappa shape index (κ2) is 10.8. The summed E-state index contributed by atoms with van der Waals surface area (Å²) in [7, 11) is 1.47. The van der Waals surface area contributed by atoms with Crippen molar-refractivity contribution in [1.29, 1.82) is 0 Å². The SMILES string of the molecule is CNC(=O)[C@@]1(C)CC(n2cnc3c(NCc4cccc(Cl)c4)nc(C#Cc4ccc(F)c(F)c4)nc32)C(O)[C@H]1O. The lowest BCUT2D eigenvalue weighted by molar-refractivity contribution is -0.136. The molecule has 5 rings (SSSR count). The Bertz CT molecular complexity index is 1670. The molecule has 1 fully saturated rings. The molecule has 1 aliphatic carbocycles. The van der Waals surface area contributed by atoms with Crippen LogP contribution in [-0.2, 0) is 11.3 Å². The molecule has 0 radical (unpaired) electrons. The maximum Gasteiger partial charge on any atom is 0.228 e. The molecule has 2 aromatic carbocycles. The highest BCUT2D eigenvalue weighted by atomic mass is 35.5. The highest BCUT2D eigenvalue weighted by Crippen LogP contribution is 2.45. The van der Waals surface area contributed by atoms with Crippen molar-refractivity contribution >= 4 is 34.5 Å². The van der Waals surface area contributed by atoms with E-state index in [-0.39, 0.29) is 17.8 Å². The van der Waals surface area contributed by atoms with Crippen LogP contribution in [0.25, 0.3) is 11.2 Å². The largest absolute Gasteiger partial charge is 0.389 e. The van der Waals surface area contributed by atoms with Gasteiger partial charge in [0, 0.05) is 24.2 Å². The number of fused-ring (bicyclic) bond motifs is 1. The smallest absolute Gasteiger partial charge is 0.228 e. The quantitative estimate of drug-likeness (QED) is 0.273. The number of rotatable bonds is 5. The van der Waals surface area contributed by atoms with Crippen LogP contribution in [0.3, 0.4) is 0 Å². The Morgan fingerprint density at radius 2 is 1.98 bits per heavy atom. The van der Waals surface area contributed by atoms with Crippen LogP contribution in [0.15, 0.2) is 48.8 Å². The Morgan fingerprint density at radius 3 is 2.70 bits per heavy atom. The summed E-state index contributed by atoms with van der Waals surface area (Å²) in [5.41, 5.74) is 0.529. The van der Waals surface area contributed by atoms with Gasteiger partial charge in [0.15, 0.2) is 28.6 Å². The van der Waals surface area contributed by atoms with Crippen LogP contribution in [0.5, 0.6) is 0 Å². The molecule has 40 heavy (non-hydrogen) atoms. The molecular formula is C28H25ClF2N6O3. The van der Waals surface area contributed by atoms with Gasteiger partial charge in [-0.15, -0.1) is 0 Å². The maximum atomic E-state index is 13.7. The van der Waals surface area contributed by atoms with Gasteiger partial charge in [-0.3, -0.25) is 4.79 Å². The number of anilines is 1. The number of aliphatic hydroxyl groups is 2. The van der Waals surface area contributed by atoms with Crippen LogP contribution in [-0.4, -0.2) is 54.9 Å². The summed E-state index contributed by atoms with van der Waals surface area (Å²) in [5, 5.41) is 28.0. The Kier molecular flexibility index (Phi) is 7.42. The first-order chi connectivity index (χ1) is 19.1. The van der Waals surface area contributed by atoms with Gasteiger partial charge < -0.3 is 25.4 Å². The van der Waals surface area contributed by atoms with Gasteiger partial charge in [0.2, 0.25) is 11.7 Å². The minimum atomic E-state index is -1.33. The molecule has 2 unspecified atom stereocenters. The van der Waals surface area contributed by atoms with E-state index >= 15 is 0 Å². The van der Waals surface area contributed by atoms with E-state index in [1.54, 1.807) is 23.6 Å². The third kappa shape index (κ3) is 5.09. The number of aromatic nitrogens is 4. The number of carbonyl (C=O) groups excluding carboxylic acids is 1. The number of halogens is 3. The number of carbonyl (C=O) groups is 1. The summed E-state index contributed by atoms with van der Waals surface area (Å²) in [6.07, 6.45) is -1.03. The number of nitrogens with one attached hydrogen (secondary N) is 2. The topological polar surface area (TPSA) is 125 Å². The highest BCUT2D eigenvalue weighted by Gasteiger charge is 2.54. The number of aliphatic hydroxyl groups excluding tert-OH is 2. The van der Waals surface area contributed by atoms with Crippen molar-refractivity contribution in [2.75, 3.05) is 12.4 Å². The molecule has 9 nitrogen and oxygen atoms in total. The van der Waals surface area contributed by atoms with Gasteiger partial charge in [0.05, 0.1) is 23.9 Å². The van der Waals surface area contributed by atoms with Crippen molar-refractivity contribution in [2.24, 2.45) is 5.41 Å². The lowest BCUT2D eigenvalue weighted by atomic mass is 9.85. The molecule has 1 aliphatic rings. The Hall–Kier alpha value is -4.11. The van der Waals surface area contributed by atoms with Crippen LogP contribution in [0.4, 0.5) is 14.6 Å². The fourth-order valence-corrected chi connectivity index (χ4v) is 5.12. The molecule has 206 valence electrons. The standard InChI is InChI=1S/C28H25ClF2N6O3/c1-28(27(40)32-2)12-20(23(38)24(28)39)37-14-34-22-25(33-13-16-4-3-5-17(29)10-16)35-21(36-26(22)37)9-7-15-6-8-18(30)19(31)11-15/h3-6,8,10-11,14,20,23-24,38-39H,12-13H2,1-2H3,(H,32,40)(H,33,35,36)/t20?,23?,24-,28+/m1/s1. The molecular weight excluding hydrogens is 542 g/mol. The number of hydrogen-bond acceptors (Lipinski definition) is 7. The lowest BCUT2D eigenvalue weighted by Gasteiger charge is -2.26. The number of amides is 1. The number of nitrogens with zero attached hydrogens (tertiary/aromatic N) is 4. The molecule has 0 bridgehead atoms. The number of hydrogen-bond donors (Lipinski definition) is 4. The fraction of sp³-hybridized carbons (Fsp3) is 0.286. The third-order valence-electron chi connectivity index (χ3n) is 7.12. The normalized spacial score (nSPS) is 22.1. The summed E-state index contributed by atoms with van der Waals surface area (Å²) in [6.45, 7) is 1.93. The summed E-state index contributed by atoms with van der Waals surface area (Å²) in [4.78, 5) is 26.0. The first kappa shape index (κ1) is 27.5. The Morgan fingerprint density at radius 1 is 1.18 bits per heavy atom. The monoisotopic (exact) mass is 566 g/mol. The molecule has 2 heterocycles. The van der Waals surface area contributed by atoms with Crippen molar-refractivity contribution in [1.82, 2.24) is 24.8 Å². The van der Waals surface area contributed by atoms with E-state index in [0.29, 0.717) is 28.5 Å². The molecule has 0 saturated heterocycles. The van der Waals surface area contributed by atoms with Crippen molar-refractivity contribution in [3.8, 4) is 11.8 Å². The van der Waals surface area contributed by atoms with E-state index < -0.39 is 41.2 Å². The van der Waals surface area contributed by atoms with E-state index in [4.69, 9.17) is 11.6 Å². The first-order valence-corrected chi connectivity index (χ1v) is 12.8. The molecule has 1 saturated carbocycles. The minimum absolute atomic E-state index is 0.0506. The molecule has 1 amide bonds. The van der Waals surface area contributed by atoms with Gasteiger partial charge in [0.1, 0.15) is 6.10 Å². The summed E-state index contributed by atoms with van der Waals surface area (Å²) < 4.78 is 28.6. The zero-order valence-electron chi connectivity index (χ0n) is 21.5. The van der Waals surface area contributed by atoms with Gasteiger partial charge in [-0.25, -0.2) is 23.7 Å². The fourth-order valence-electron chi connectivity index (χ4n) is 4.91. The van der Waals surface area contributed by atoms with Gasteiger partial charge >= 0.3 is 0 Å². The Balaban J connectivity index is 1.57. The summed E-state index contributed by atoms with van der Waals surface area (Å²) in [6, 6.07) is 9.81. The van der Waals surface area contributed by atoms with E-state index in [1.165, 1.54) is 19.4 Å². The predicted molar refractivity (Wildman–Crippen MR) is 144 cm³/mol. The van der Waals surface area contributed by atoms with E-state index in [0.717, 1.165) is 17.7 Å². The van der Waals surface area contributed by atoms with Gasteiger partial charge in [-0.05, 0) is 55.2 Å². The maximum absolute atomic E-state index is 13.7.